The second-order valence-electron chi connectivity index (χ2n) is 6.35. The average molecular weight is 345 g/mol. The van der Waals surface area contributed by atoms with Gasteiger partial charge in [0.15, 0.2) is 0 Å². The van der Waals surface area contributed by atoms with Gasteiger partial charge in [0.05, 0.1) is 5.70 Å². The summed E-state index contributed by atoms with van der Waals surface area (Å²) in [6, 6.07) is 2.82. The summed E-state index contributed by atoms with van der Waals surface area (Å²) in [4.78, 5) is 23.0. The lowest BCUT2D eigenvalue weighted by Gasteiger charge is -2.22. The Bertz CT molecular complexity index is 720. The third-order valence-electron chi connectivity index (χ3n) is 4.46. The van der Waals surface area contributed by atoms with Gasteiger partial charge in [-0.05, 0) is 49.6 Å². The highest BCUT2D eigenvalue weighted by atomic mass is 19.1. The predicted octanol–water partition coefficient (Wildman–Crippen LogP) is 2.54. The van der Waals surface area contributed by atoms with Gasteiger partial charge < -0.3 is 16.8 Å². The molecule has 134 valence electrons. The highest BCUT2D eigenvalue weighted by molar-refractivity contribution is 5.93. The van der Waals surface area contributed by atoms with E-state index in [1.807, 2.05) is 0 Å². The Morgan fingerprint density at radius 3 is 2.52 bits per heavy atom. The summed E-state index contributed by atoms with van der Waals surface area (Å²) < 4.78 is 13.8. The van der Waals surface area contributed by atoms with Gasteiger partial charge in [-0.3, -0.25) is 9.59 Å². The van der Waals surface area contributed by atoms with Gasteiger partial charge in [0.25, 0.3) is 5.91 Å². The Hall–Kier alpha value is -2.63. The number of amides is 1. The number of hydrogen-bond acceptors (Lipinski definition) is 4. The first-order chi connectivity index (χ1) is 11.9. The van der Waals surface area contributed by atoms with Gasteiger partial charge in [-0.2, -0.15) is 0 Å². The number of nitrogens with one attached hydrogen (secondary N) is 1. The number of hydrogen-bond donors (Lipinski definition) is 3. The number of carbonyl (C=O) groups excluding carboxylic acids is 2. The van der Waals surface area contributed by atoms with E-state index in [1.54, 1.807) is 6.92 Å². The summed E-state index contributed by atoms with van der Waals surface area (Å²) in [7, 11) is 0. The molecule has 0 unspecified atom stereocenters. The van der Waals surface area contributed by atoms with Crippen molar-refractivity contribution >= 4 is 17.9 Å². The molecular weight excluding hydrogens is 321 g/mol. The monoisotopic (exact) mass is 345 g/mol. The van der Waals surface area contributed by atoms with E-state index in [-0.39, 0.29) is 28.9 Å². The molecular formula is C19H24FN3O2. The van der Waals surface area contributed by atoms with E-state index < -0.39 is 5.82 Å². The third-order valence-corrected chi connectivity index (χ3v) is 4.46. The second-order valence-corrected chi connectivity index (χ2v) is 6.35. The summed E-state index contributed by atoms with van der Waals surface area (Å²) in [6.07, 6.45) is 8.76. The smallest absolute Gasteiger partial charge is 0.267 e. The van der Waals surface area contributed by atoms with Crippen molar-refractivity contribution in [3.8, 4) is 0 Å². The number of benzene rings is 1. The minimum Gasteiger partial charge on any atom is -0.398 e. The van der Waals surface area contributed by atoms with E-state index in [0.29, 0.717) is 17.4 Å². The Kier molecular flexibility index (Phi) is 6.33. The zero-order chi connectivity index (χ0) is 18.4. The van der Waals surface area contributed by atoms with Crippen LogP contribution in [0.2, 0.25) is 0 Å². The van der Waals surface area contributed by atoms with Crippen LogP contribution >= 0.6 is 0 Å². The van der Waals surface area contributed by atoms with Crippen LogP contribution in [0.4, 0.5) is 4.39 Å². The number of carbonyl (C=O) groups is 2. The van der Waals surface area contributed by atoms with Crippen LogP contribution in [-0.2, 0) is 4.79 Å². The number of rotatable bonds is 5. The van der Waals surface area contributed by atoms with Crippen molar-refractivity contribution < 1.29 is 14.0 Å². The molecule has 5 N–H and O–H groups in total. The zero-order valence-corrected chi connectivity index (χ0v) is 14.3. The van der Waals surface area contributed by atoms with E-state index in [0.717, 1.165) is 31.7 Å². The van der Waals surface area contributed by atoms with Gasteiger partial charge in [-0.1, -0.05) is 19.3 Å². The van der Waals surface area contributed by atoms with Crippen LogP contribution in [-0.4, -0.2) is 18.2 Å². The van der Waals surface area contributed by atoms with Crippen molar-refractivity contribution in [2.75, 3.05) is 0 Å². The first kappa shape index (κ1) is 18.7. The summed E-state index contributed by atoms with van der Waals surface area (Å²) in [5, 5.41) is 2.91. The molecule has 0 heterocycles. The molecule has 0 saturated heterocycles. The molecule has 1 fully saturated rings. The number of allylic oxidation sites excluding steroid dienone is 2. The maximum absolute atomic E-state index is 13.8. The summed E-state index contributed by atoms with van der Waals surface area (Å²) >= 11 is 0. The summed E-state index contributed by atoms with van der Waals surface area (Å²) in [5.74, 6) is -0.844. The summed E-state index contributed by atoms with van der Waals surface area (Å²) in [6.45, 7) is 1.57. The van der Waals surface area contributed by atoms with Gasteiger partial charge in [0.1, 0.15) is 12.1 Å². The Morgan fingerprint density at radius 1 is 1.20 bits per heavy atom. The number of aldehydes is 1. The maximum atomic E-state index is 13.8. The number of halogens is 1. The molecule has 0 radical (unpaired) electrons. The van der Waals surface area contributed by atoms with Crippen molar-refractivity contribution in [1.29, 1.82) is 0 Å². The molecule has 0 spiro atoms. The van der Waals surface area contributed by atoms with E-state index >= 15 is 0 Å². The molecule has 0 atom stereocenters. The van der Waals surface area contributed by atoms with Gasteiger partial charge in [0.2, 0.25) is 0 Å². The Morgan fingerprint density at radius 2 is 1.88 bits per heavy atom. The molecule has 2 rings (SSSR count). The van der Waals surface area contributed by atoms with Crippen LogP contribution in [0, 0.1) is 12.7 Å². The molecule has 6 heteroatoms. The van der Waals surface area contributed by atoms with E-state index in [9.17, 15) is 14.0 Å². The minimum atomic E-state index is -0.511. The lowest BCUT2D eigenvalue weighted by atomic mass is 9.95. The van der Waals surface area contributed by atoms with Gasteiger partial charge >= 0.3 is 0 Å². The number of nitrogens with two attached hydrogens (primary N) is 2. The molecule has 5 nitrogen and oxygen atoms in total. The van der Waals surface area contributed by atoms with Crippen molar-refractivity contribution in [3.63, 3.8) is 0 Å². The topological polar surface area (TPSA) is 98.2 Å². The first-order valence-corrected chi connectivity index (χ1v) is 8.42. The fraction of sp³-hybridized carbons (Fsp3) is 0.368. The average Bonchev–Trinajstić information content (AvgIpc) is 2.62. The molecule has 1 amide bonds. The van der Waals surface area contributed by atoms with Crippen LogP contribution < -0.4 is 16.8 Å². The summed E-state index contributed by atoms with van der Waals surface area (Å²) in [5.41, 5.74) is 13.0. The largest absolute Gasteiger partial charge is 0.398 e. The van der Waals surface area contributed by atoms with Gasteiger partial charge in [-0.15, -0.1) is 0 Å². The normalized spacial score (nSPS) is 16.6. The quantitative estimate of drug-likeness (QED) is 0.434. The molecule has 1 aromatic carbocycles. The second kappa shape index (κ2) is 8.46. The van der Waals surface area contributed by atoms with Crippen LogP contribution in [0.5, 0.6) is 0 Å². The first-order valence-electron chi connectivity index (χ1n) is 8.42. The molecule has 1 aliphatic rings. The minimum absolute atomic E-state index is 0.0400. The van der Waals surface area contributed by atoms with Crippen molar-refractivity contribution in [1.82, 2.24) is 5.32 Å². The van der Waals surface area contributed by atoms with Gasteiger partial charge in [-0.25, -0.2) is 4.39 Å². The molecule has 0 aliphatic heterocycles. The Balaban J connectivity index is 2.13. The highest BCUT2D eigenvalue weighted by Crippen LogP contribution is 2.20. The zero-order valence-electron chi connectivity index (χ0n) is 14.3. The van der Waals surface area contributed by atoms with Crippen LogP contribution in [0.1, 0.15) is 53.6 Å². The van der Waals surface area contributed by atoms with Crippen molar-refractivity contribution in [2.45, 2.75) is 45.1 Å². The molecule has 1 aromatic rings. The van der Waals surface area contributed by atoms with E-state index in [4.69, 9.17) is 11.5 Å². The van der Waals surface area contributed by atoms with E-state index in [2.05, 4.69) is 5.32 Å². The van der Waals surface area contributed by atoms with Crippen LogP contribution in [0.25, 0.3) is 5.70 Å². The SMILES string of the molecule is Cc1c(F)cc(C=O)cc1/C(N)=C/C=C(\N)C(=O)NC1CCCCC1. The maximum Gasteiger partial charge on any atom is 0.267 e. The van der Waals surface area contributed by atoms with Crippen molar-refractivity contribution in [3.05, 3.63) is 52.5 Å². The fourth-order valence-electron chi connectivity index (χ4n) is 2.93. The molecule has 1 aliphatic carbocycles. The van der Waals surface area contributed by atoms with E-state index in [1.165, 1.54) is 24.6 Å². The lowest BCUT2D eigenvalue weighted by molar-refractivity contribution is -0.118. The lowest BCUT2D eigenvalue weighted by Crippen LogP contribution is -2.38. The predicted molar refractivity (Wildman–Crippen MR) is 96.0 cm³/mol. The standard InChI is InChI=1S/C19H24FN3O2/c1-12-15(9-13(11-24)10-16(12)20)17(21)7-8-18(22)19(25)23-14-5-3-2-4-6-14/h7-11,14H,2-6,21-22H2,1H3,(H,23,25)/b17-7-,18-8-. The van der Waals surface area contributed by atoms with Crippen LogP contribution in [0.15, 0.2) is 30.0 Å². The molecule has 0 aromatic heterocycles. The van der Waals surface area contributed by atoms with Crippen molar-refractivity contribution in [2.24, 2.45) is 11.5 Å². The molecule has 1 saturated carbocycles. The third kappa shape index (κ3) is 4.92. The van der Waals surface area contributed by atoms with Crippen LogP contribution in [0.3, 0.4) is 0 Å². The van der Waals surface area contributed by atoms with Gasteiger partial charge in [0, 0.05) is 22.9 Å². The molecule has 25 heavy (non-hydrogen) atoms. The highest BCUT2D eigenvalue weighted by Gasteiger charge is 2.16. The fourth-order valence-corrected chi connectivity index (χ4v) is 2.93. The molecule has 0 bridgehead atoms. The Labute approximate surface area is 147 Å².